The molecule has 26 heavy (non-hydrogen) atoms. The molecular weight excluding hydrogens is 366 g/mol. The van der Waals surface area contributed by atoms with Gasteiger partial charge in [-0.15, -0.1) is 10.2 Å². The molecule has 0 saturated carbocycles. The molecule has 2 aromatic heterocycles. The Labute approximate surface area is 158 Å². The molecule has 0 spiro atoms. The summed E-state index contributed by atoms with van der Waals surface area (Å²) in [6.45, 7) is 2.43. The van der Waals surface area contributed by atoms with Crippen LogP contribution in [0.25, 0.3) is 16.2 Å². The maximum Gasteiger partial charge on any atom is 0.231 e. The van der Waals surface area contributed by atoms with Gasteiger partial charge in [-0.05, 0) is 30.2 Å². The highest BCUT2D eigenvalue weighted by Gasteiger charge is 2.18. The second-order valence-electron chi connectivity index (χ2n) is 5.95. The first kappa shape index (κ1) is 15.7. The summed E-state index contributed by atoms with van der Waals surface area (Å²) < 4.78 is 13.0. The van der Waals surface area contributed by atoms with Crippen LogP contribution in [0.15, 0.2) is 53.7 Å². The zero-order valence-electron chi connectivity index (χ0n) is 14.0. The summed E-state index contributed by atoms with van der Waals surface area (Å²) in [7, 11) is 0. The molecule has 0 atom stereocenters. The smallest absolute Gasteiger partial charge is 0.231 e. The van der Waals surface area contributed by atoms with Crippen molar-refractivity contribution in [2.75, 3.05) is 6.79 Å². The molecule has 7 heteroatoms. The monoisotopic (exact) mass is 381 g/mol. The van der Waals surface area contributed by atoms with Gasteiger partial charge in [-0.2, -0.15) is 0 Å². The summed E-state index contributed by atoms with van der Waals surface area (Å²) in [4.78, 5) is 2.17. The Kier molecular flexibility index (Phi) is 3.83. The summed E-state index contributed by atoms with van der Waals surface area (Å²) in [6, 6.07) is 16.5. The number of aromatic nitrogens is 3. The van der Waals surface area contributed by atoms with Crippen LogP contribution in [0.2, 0.25) is 0 Å². The van der Waals surface area contributed by atoms with Crippen molar-refractivity contribution in [3.8, 4) is 22.8 Å². The number of hydrogen-bond donors (Lipinski definition) is 0. The summed E-state index contributed by atoms with van der Waals surface area (Å²) in [5, 5.41) is 9.67. The Balaban J connectivity index is 1.48. The Hall–Kier alpha value is -2.51. The lowest BCUT2D eigenvalue weighted by atomic mass is 10.1. The number of aryl methyl sites for hydroxylation is 1. The van der Waals surface area contributed by atoms with Gasteiger partial charge in [-0.3, -0.25) is 4.40 Å². The summed E-state index contributed by atoms with van der Waals surface area (Å²) in [5.41, 5.74) is 3.52. The van der Waals surface area contributed by atoms with Crippen molar-refractivity contribution in [1.29, 1.82) is 0 Å². The van der Waals surface area contributed by atoms with E-state index in [0.29, 0.717) is 6.79 Å². The topological polar surface area (TPSA) is 48.7 Å². The predicted octanol–water partition coefficient (Wildman–Crippen LogP) is 4.79. The molecule has 1 aliphatic rings. The highest BCUT2D eigenvalue weighted by atomic mass is 32.2. The van der Waals surface area contributed by atoms with Crippen LogP contribution in [0.1, 0.15) is 10.4 Å². The molecular formula is C19H15N3O2S2. The fourth-order valence-corrected chi connectivity index (χ4v) is 4.93. The highest BCUT2D eigenvalue weighted by molar-refractivity contribution is 7.98. The standard InChI is InChI=1S/C19H15N3O2S2/c1-12-17(14-5-3-2-4-6-14)22-18(20-21-19(22)26-12)25-10-13-7-8-15-16(9-13)24-11-23-15/h2-9H,10-11H2,1H3. The fourth-order valence-electron chi connectivity index (χ4n) is 3.06. The maximum atomic E-state index is 5.46. The molecule has 0 aliphatic carbocycles. The third-order valence-electron chi connectivity index (χ3n) is 4.26. The predicted molar refractivity (Wildman–Crippen MR) is 103 cm³/mol. The van der Waals surface area contributed by atoms with Gasteiger partial charge in [0.25, 0.3) is 0 Å². The maximum absolute atomic E-state index is 5.46. The zero-order chi connectivity index (χ0) is 17.5. The van der Waals surface area contributed by atoms with E-state index in [1.165, 1.54) is 21.7 Å². The molecule has 0 unspecified atom stereocenters. The number of benzene rings is 2. The molecule has 4 aromatic rings. The van der Waals surface area contributed by atoms with Gasteiger partial charge >= 0.3 is 0 Å². The van der Waals surface area contributed by atoms with Crippen LogP contribution >= 0.6 is 23.1 Å². The molecule has 0 bridgehead atoms. The van der Waals surface area contributed by atoms with Crippen LogP contribution in [0.4, 0.5) is 0 Å². The van der Waals surface area contributed by atoms with E-state index < -0.39 is 0 Å². The Morgan fingerprint density at radius 3 is 2.81 bits per heavy atom. The summed E-state index contributed by atoms with van der Waals surface area (Å²) >= 11 is 3.35. The molecule has 5 nitrogen and oxygen atoms in total. The van der Waals surface area contributed by atoms with Gasteiger partial charge in [0, 0.05) is 10.6 Å². The average molecular weight is 381 g/mol. The van der Waals surface area contributed by atoms with Crippen molar-refractivity contribution in [1.82, 2.24) is 14.6 Å². The lowest BCUT2D eigenvalue weighted by Crippen LogP contribution is -1.93. The minimum atomic E-state index is 0.297. The van der Waals surface area contributed by atoms with Crippen molar-refractivity contribution < 1.29 is 9.47 Å². The molecule has 5 rings (SSSR count). The van der Waals surface area contributed by atoms with E-state index in [9.17, 15) is 0 Å². The summed E-state index contributed by atoms with van der Waals surface area (Å²) in [6.07, 6.45) is 0. The Morgan fingerprint density at radius 2 is 1.92 bits per heavy atom. The van der Waals surface area contributed by atoms with Gasteiger partial charge in [-0.1, -0.05) is 59.5 Å². The van der Waals surface area contributed by atoms with Gasteiger partial charge in [0.15, 0.2) is 16.7 Å². The van der Waals surface area contributed by atoms with Crippen molar-refractivity contribution in [3.63, 3.8) is 0 Å². The van der Waals surface area contributed by atoms with Crippen LogP contribution in [0.5, 0.6) is 11.5 Å². The van der Waals surface area contributed by atoms with E-state index in [1.807, 2.05) is 18.2 Å². The molecule has 0 amide bonds. The quantitative estimate of drug-likeness (QED) is 0.476. The van der Waals surface area contributed by atoms with Gasteiger partial charge in [0.05, 0.1) is 5.69 Å². The van der Waals surface area contributed by atoms with E-state index in [0.717, 1.165) is 27.4 Å². The number of rotatable bonds is 4. The van der Waals surface area contributed by atoms with Gasteiger partial charge < -0.3 is 9.47 Å². The first-order valence-corrected chi connectivity index (χ1v) is 10.0. The van der Waals surface area contributed by atoms with Crippen LogP contribution in [-0.4, -0.2) is 21.4 Å². The number of hydrogen-bond acceptors (Lipinski definition) is 6. The normalized spacial score (nSPS) is 12.8. The molecule has 3 heterocycles. The average Bonchev–Trinajstić information content (AvgIpc) is 3.35. The Morgan fingerprint density at radius 1 is 1.08 bits per heavy atom. The second kappa shape index (κ2) is 6.34. The number of thioether (sulfide) groups is 1. The molecule has 0 N–H and O–H groups in total. The Bertz CT molecular complexity index is 1090. The number of nitrogens with zero attached hydrogens (tertiary/aromatic N) is 3. The molecule has 1 aliphatic heterocycles. The molecule has 2 aromatic carbocycles. The zero-order valence-corrected chi connectivity index (χ0v) is 15.6. The van der Waals surface area contributed by atoms with Crippen LogP contribution < -0.4 is 9.47 Å². The molecule has 130 valence electrons. The highest BCUT2D eigenvalue weighted by Crippen LogP contribution is 2.36. The minimum absolute atomic E-state index is 0.297. The molecule has 0 radical (unpaired) electrons. The van der Waals surface area contributed by atoms with Crippen LogP contribution in [0, 0.1) is 6.92 Å². The van der Waals surface area contributed by atoms with E-state index in [-0.39, 0.29) is 0 Å². The van der Waals surface area contributed by atoms with E-state index in [4.69, 9.17) is 9.47 Å². The van der Waals surface area contributed by atoms with Crippen LogP contribution in [0.3, 0.4) is 0 Å². The van der Waals surface area contributed by atoms with E-state index in [2.05, 4.69) is 51.9 Å². The number of fused-ring (bicyclic) bond motifs is 2. The van der Waals surface area contributed by atoms with Crippen LogP contribution in [-0.2, 0) is 5.75 Å². The first-order valence-electron chi connectivity index (χ1n) is 8.21. The number of ether oxygens (including phenoxy) is 2. The first-order chi connectivity index (χ1) is 12.8. The second-order valence-corrected chi connectivity index (χ2v) is 8.07. The van der Waals surface area contributed by atoms with Gasteiger partial charge in [-0.25, -0.2) is 0 Å². The third kappa shape index (κ3) is 2.64. The molecule has 0 saturated heterocycles. The lowest BCUT2D eigenvalue weighted by Gasteiger charge is -2.05. The number of thiazole rings is 1. The van der Waals surface area contributed by atoms with Gasteiger partial charge in [0.1, 0.15) is 0 Å². The fraction of sp³-hybridized carbons (Fsp3) is 0.158. The third-order valence-corrected chi connectivity index (χ3v) is 6.20. The van der Waals surface area contributed by atoms with Gasteiger partial charge in [0.2, 0.25) is 11.8 Å². The SMILES string of the molecule is Cc1sc2nnc(SCc3ccc4c(c3)OCO4)n2c1-c1ccccc1. The summed E-state index contributed by atoms with van der Waals surface area (Å²) in [5.74, 6) is 2.41. The van der Waals surface area contributed by atoms with E-state index in [1.54, 1.807) is 23.1 Å². The minimum Gasteiger partial charge on any atom is -0.454 e. The van der Waals surface area contributed by atoms with Crippen molar-refractivity contribution in [2.45, 2.75) is 17.8 Å². The largest absolute Gasteiger partial charge is 0.454 e. The van der Waals surface area contributed by atoms with Crippen molar-refractivity contribution in [2.24, 2.45) is 0 Å². The van der Waals surface area contributed by atoms with Crippen molar-refractivity contribution >= 4 is 28.1 Å². The van der Waals surface area contributed by atoms with E-state index >= 15 is 0 Å². The lowest BCUT2D eigenvalue weighted by molar-refractivity contribution is 0.174. The molecule has 0 fully saturated rings. The van der Waals surface area contributed by atoms with Crippen molar-refractivity contribution in [3.05, 3.63) is 59.0 Å².